The van der Waals surface area contributed by atoms with Crippen molar-refractivity contribution >= 4 is 17.0 Å². The topological polar surface area (TPSA) is 69.4 Å². The predicted molar refractivity (Wildman–Crippen MR) is 102 cm³/mol. The third-order valence-electron chi connectivity index (χ3n) is 4.95. The molecule has 5 nitrogen and oxygen atoms in total. The fourth-order valence-electron chi connectivity index (χ4n) is 3.53. The van der Waals surface area contributed by atoms with Gasteiger partial charge in [-0.2, -0.15) is 5.10 Å². The fourth-order valence-corrected chi connectivity index (χ4v) is 3.53. The van der Waals surface area contributed by atoms with Crippen molar-refractivity contribution in [2.24, 2.45) is 0 Å². The van der Waals surface area contributed by atoms with Gasteiger partial charge in [0.2, 0.25) is 0 Å². The van der Waals surface area contributed by atoms with Gasteiger partial charge < -0.3 is 10.3 Å². The van der Waals surface area contributed by atoms with Gasteiger partial charge in [0.25, 0.3) is 0 Å². The monoisotopic (exact) mass is 333 g/mol. The standard InChI is InChI=1S/C20H23N5/c1-3-4-5-15-10-18(23-13(15)2)20-16-11-17(14-6-8-21-9-7-14)22-12-19(16)24-25-20/h3-5,10-12,14,21,23H,1,6-9H2,2H3,(H,24,25)/b5-4-. The quantitative estimate of drug-likeness (QED) is 0.634. The zero-order valence-corrected chi connectivity index (χ0v) is 14.5. The van der Waals surface area contributed by atoms with Crippen molar-refractivity contribution in [3.8, 4) is 11.4 Å². The second kappa shape index (κ2) is 6.69. The van der Waals surface area contributed by atoms with Gasteiger partial charge in [-0.05, 0) is 50.6 Å². The number of hydrogen-bond donors (Lipinski definition) is 3. The van der Waals surface area contributed by atoms with Crippen LogP contribution in [0.3, 0.4) is 0 Å². The molecule has 1 fully saturated rings. The molecule has 128 valence electrons. The minimum Gasteiger partial charge on any atom is -0.357 e. The molecule has 3 N–H and O–H groups in total. The number of rotatable bonds is 4. The summed E-state index contributed by atoms with van der Waals surface area (Å²) in [6, 6.07) is 4.34. The van der Waals surface area contributed by atoms with Crippen LogP contribution in [-0.4, -0.2) is 33.3 Å². The van der Waals surface area contributed by atoms with Crippen LogP contribution in [0.4, 0.5) is 0 Å². The molecule has 3 aromatic heterocycles. The molecular weight excluding hydrogens is 310 g/mol. The van der Waals surface area contributed by atoms with Crippen LogP contribution in [0.2, 0.25) is 0 Å². The molecule has 0 amide bonds. The second-order valence-corrected chi connectivity index (χ2v) is 6.61. The summed E-state index contributed by atoms with van der Waals surface area (Å²) in [5.41, 5.74) is 6.40. The van der Waals surface area contributed by atoms with Crippen molar-refractivity contribution in [1.82, 2.24) is 25.5 Å². The third-order valence-corrected chi connectivity index (χ3v) is 4.95. The predicted octanol–water partition coefficient (Wildman–Crippen LogP) is 3.93. The Kier molecular flexibility index (Phi) is 4.24. The van der Waals surface area contributed by atoms with Crippen LogP contribution in [0.5, 0.6) is 0 Å². The number of allylic oxidation sites excluding steroid dienone is 2. The number of piperidine rings is 1. The van der Waals surface area contributed by atoms with Gasteiger partial charge in [-0.15, -0.1) is 0 Å². The molecule has 0 saturated carbocycles. The molecule has 1 aliphatic rings. The molecule has 1 aliphatic heterocycles. The highest BCUT2D eigenvalue weighted by Gasteiger charge is 2.19. The van der Waals surface area contributed by atoms with Gasteiger partial charge in [-0.3, -0.25) is 10.1 Å². The highest BCUT2D eigenvalue weighted by atomic mass is 15.1. The zero-order chi connectivity index (χ0) is 17.2. The third kappa shape index (κ3) is 3.03. The summed E-state index contributed by atoms with van der Waals surface area (Å²) >= 11 is 0. The first-order chi connectivity index (χ1) is 12.3. The number of nitrogens with zero attached hydrogens (tertiary/aromatic N) is 2. The van der Waals surface area contributed by atoms with Gasteiger partial charge in [-0.25, -0.2) is 0 Å². The highest BCUT2D eigenvalue weighted by molar-refractivity contribution is 5.92. The van der Waals surface area contributed by atoms with E-state index < -0.39 is 0 Å². The van der Waals surface area contributed by atoms with E-state index in [0.29, 0.717) is 5.92 Å². The lowest BCUT2D eigenvalue weighted by Crippen LogP contribution is -2.27. The first-order valence-corrected chi connectivity index (χ1v) is 8.80. The molecule has 3 aromatic rings. The van der Waals surface area contributed by atoms with Crippen molar-refractivity contribution in [2.45, 2.75) is 25.7 Å². The Labute approximate surface area is 147 Å². The second-order valence-electron chi connectivity index (χ2n) is 6.61. The average molecular weight is 333 g/mol. The molecule has 0 aromatic carbocycles. The van der Waals surface area contributed by atoms with E-state index in [-0.39, 0.29) is 0 Å². The summed E-state index contributed by atoms with van der Waals surface area (Å²) in [6.07, 6.45) is 9.99. The molecular formula is C20H23N5. The van der Waals surface area contributed by atoms with Crippen LogP contribution < -0.4 is 5.32 Å². The molecule has 0 atom stereocenters. The van der Waals surface area contributed by atoms with Gasteiger partial charge in [0.1, 0.15) is 5.69 Å². The molecule has 25 heavy (non-hydrogen) atoms. The largest absolute Gasteiger partial charge is 0.357 e. The van der Waals surface area contributed by atoms with Crippen molar-refractivity contribution in [3.05, 3.63) is 54.0 Å². The van der Waals surface area contributed by atoms with Gasteiger partial charge in [0.15, 0.2) is 0 Å². The fraction of sp³-hybridized carbons (Fsp3) is 0.300. The maximum atomic E-state index is 4.67. The van der Waals surface area contributed by atoms with Crippen LogP contribution in [0, 0.1) is 6.92 Å². The molecule has 0 spiro atoms. The molecule has 1 saturated heterocycles. The smallest absolute Gasteiger partial charge is 0.116 e. The zero-order valence-electron chi connectivity index (χ0n) is 14.5. The molecule has 4 heterocycles. The number of H-pyrrole nitrogens is 2. The molecule has 0 bridgehead atoms. The number of pyridine rings is 1. The maximum absolute atomic E-state index is 4.67. The van der Waals surface area contributed by atoms with E-state index in [2.05, 4.69) is 57.2 Å². The SMILES string of the molecule is C=C/C=C\c1cc(-c2n[nH]c3cnc(C4CCNCC4)cc23)[nH]c1C. The Morgan fingerprint density at radius 3 is 2.88 bits per heavy atom. The number of aryl methyl sites for hydroxylation is 1. The average Bonchev–Trinajstić information content (AvgIpc) is 3.23. The highest BCUT2D eigenvalue weighted by Crippen LogP contribution is 2.31. The van der Waals surface area contributed by atoms with Gasteiger partial charge >= 0.3 is 0 Å². The molecule has 0 radical (unpaired) electrons. The van der Waals surface area contributed by atoms with Gasteiger partial charge in [0.05, 0.1) is 17.4 Å². The summed E-state index contributed by atoms with van der Waals surface area (Å²) in [4.78, 5) is 8.12. The van der Waals surface area contributed by atoms with Crippen LogP contribution in [0.1, 0.15) is 35.7 Å². The van der Waals surface area contributed by atoms with E-state index >= 15 is 0 Å². The van der Waals surface area contributed by atoms with Crippen LogP contribution in [-0.2, 0) is 0 Å². The summed E-state index contributed by atoms with van der Waals surface area (Å²) in [6.45, 7) is 7.94. The van der Waals surface area contributed by atoms with E-state index in [0.717, 1.165) is 59.5 Å². The molecule has 5 heteroatoms. The Hall–Kier alpha value is -2.66. The number of aromatic amines is 2. The summed E-state index contributed by atoms with van der Waals surface area (Å²) in [5, 5.41) is 12.2. The summed E-state index contributed by atoms with van der Waals surface area (Å²) in [5.74, 6) is 0.532. The van der Waals surface area contributed by atoms with E-state index in [4.69, 9.17) is 0 Å². The Bertz CT molecular complexity index is 925. The van der Waals surface area contributed by atoms with Crippen molar-refractivity contribution < 1.29 is 0 Å². The minimum absolute atomic E-state index is 0.532. The number of hydrogen-bond acceptors (Lipinski definition) is 3. The van der Waals surface area contributed by atoms with Crippen LogP contribution in [0.25, 0.3) is 28.4 Å². The lowest BCUT2D eigenvalue weighted by atomic mass is 9.93. The number of aromatic nitrogens is 4. The number of fused-ring (bicyclic) bond motifs is 1. The van der Waals surface area contributed by atoms with Crippen LogP contribution in [0.15, 0.2) is 37.1 Å². The van der Waals surface area contributed by atoms with Gasteiger partial charge in [0, 0.05) is 22.7 Å². The Morgan fingerprint density at radius 1 is 1.24 bits per heavy atom. The summed E-state index contributed by atoms with van der Waals surface area (Å²) < 4.78 is 0. The van der Waals surface area contributed by atoms with Crippen molar-refractivity contribution in [1.29, 1.82) is 0 Å². The number of nitrogens with one attached hydrogen (secondary N) is 3. The summed E-state index contributed by atoms with van der Waals surface area (Å²) in [7, 11) is 0. The molecule has 0 aliphatic carbocycles. The Morgan fingerprint density at radius 2 is 2.08 bits per heavy atom. The van der Waals surface area contributed by atoms with Gasteiger partial charge in [-0.1, -0.05) is 24.8 Å². The normalized spacial score (nSPS) is 16.0. The van der Waals surface area contributed by atoms with Crippen LogP contribution >= 0.6 is 0 Å². The van der Waals surface area contributed by atoms with E-state index in [1.54, 1.807) is 6.08 Å². The van der Waals surface area contributed by atoms with E-state index in [1.807, 2.05) is 12.3 Å². The lowest BCUT2D eigenvalue weighted by Gasteiger charge is -2.22. The van der Waals surface area contributed by atoms with E-state index in [1.165, 1.54) is 5.69 Å². The first-order valence-electron chi connectivity index (χ1n) is 8.80. The van der Waals surface area contributed by atoms with Crippen molar-refractivity contribution in [3.63, 3.8) is 0 Å². The maximum Gasteiger partial charge on any atom is 0.116 e. The minimum atomic E-state index is 0.532. The molecule has 0 unspecified atom stereocenters. The first kappa shape index (κ1) is 15.8. The van der Waals surface area contributed by atoms with Crippen molar-refractivity contribution in [2.75, 3.05) is 13.1 Å². The van der Waals surface area contributed by atoms with E-state index in [9.17, 15) is 0 Å². The lowest BCUT2D eigenvalue weighted by molar-refractivity contribution is 0.453. The Balaban J connectivity index is 1.74. The molecule has 4 rings (SSSR count).